The molecule has 1 aromatic heterocycles. The molecule has 1 N–H and O–H groups in total. The van der Waals surface area contributed by atoms with Crippen LogP contribution in [-0.2, 0) is 7.05 Å². The molecule has 96 valence electrons. The number of benzene rings is 1. The van der Waals surface area contributed by atoms with Gasteiger partial charge in [0.1, 0.15) is 0 Å². The van der Waals surface area contributed by atoms with Gasteiger partial charge in [0.15, 0.2) is 0 Å². The maximum atomic E-state index is 4.28. The monoisotopic (exact) mass is 307 g/mol. The molecule has 2 aromatic rings. The lowest BCUT2D eigenvalue weighted by molar-refractivity contribution is 0.603. The van der Waals surface area contributed by atoms with Gasteiger partial charge < -0.3 is 5.32 Å². The van der Waals surface area contributed by atoms with Crippen LogP contribution in [0.4, 0.5) is 0 Å². The summed E-state index contributed by atoms with van der Waals surface area (Å²) in [6, 6.07) is 6.71. The van der Waals surface area contributed by atoms with Crippen molar-refractivity contribution in [3.05, 3.63) is 51.3 Å². The van der Waals surface area contributed by atoms with Crippen molar-refractivity contribution in [1.29, 1.82) is 0 Å². The fourth-order valence-corrected chi connectivity index (χ4v) is 2.73. The number of halogens is 1. The first kappa shape index (κ1) is 13.3. The van der Waals surface area contributed by atoms with E-state index in [0.717, 1.165) is 10.2 Å². The lowest BCUT2D eigenvalue weighted by Gasteiger charge is -2.19. The average Bonchev–Trinajstić information content (AvgIpc) is 2.66. The van der Waals surface area contributed by atoms with Crippen molar-refractivity contribution in [3.63, 3.8) is 0 Å². The van der Waals surface area contributed by atoms with Gasteiger partial charge >= 0.3 is 0 Å². The molecule has 1 atom stereocenters. The predicted octanol–water partition coefficient (Wildman–Crippen LogP) is 3.11. The van der Waals surface area contributed by atoms with Gasteiger partial charge in [-0.15, -0.1) is 0 Å². The molecular formula is C14H18BrN3. The average molecular weight is 308 g/mol. The number of aromatic nitrogens is 2. The summed E-state index contributed by atoms with van der Waals surface area (Å²) in [5, 5.41) is 7.64. The van der Waals surface area contributed by atoms with Gasteiger partial charge in [-0.2, -0.15) is 5.10 Å². The van der Waals surface area contributed by atoms with Gasteiger partial charge in [0, 0.05) is 7.05 Å². The van der Waals surface area contributed by atoms with Crippen LogP contribution in [-0.4, -0.2) is 16.8 Å². The van der Waals surface area contributed by atoms with Crippen LogP contribution in [0, 0.1) is 13.8 Å². The predicted molar refractivity (Wildman–Crippen MR) is 77.7 cm³/mol. The third-order valence-electron chi connectivity index (χ3n) is 3.36. The quantitative estimate of drug-likeness (QED) is 0.944. The topological polar surface area (TPSA) is 29.9 Å². The van der Waals surface area contributed by atoms with Gasteiger partial charge in [-0.05, 0) is 53.5 Å². The Balaban J connectivity index is 2.48. The zero-order valence-corrected chi connectivity index (χ0v) is 12.7. The van der Waals surface area contributed by atoms with Crippen molar-refractivity contribution >= 4 is 15.9 Å². The minimum absolute atomic E-state index is 0.145. The second-order valence-electron chi connectivity index (χ2n) is 4.57. The number of aryl methyl sites for hydroxylation is 3. The minimum Gasteiger partial charge on any atom is -0.308 e. The highest BCUT2D eigenvalue weighted by molar-refractivity contribution is 9.10. The molecule has 0 radical (unpaired) electrons. The Morgan fingerprint density at radius 2 is 2.00 bits per heavy atom. The van der Waals surface area contributed by atoms with E-state index in [9.17, 15) is 0 Å². The third kappa shape index (κ3) is 2.35. The van der Waals surface area contributed by atoms with E-state index >= 15 is 0 Å². The molecule has 0 amide bonds. The first-order chi connectivity index (χ1) is 8.54. The Hall–Kier alpha value is -1.13. The van der Waals surface area contributed by atoms with Crippen molar-refractivity contribution < 1.29 is 0 Å². The van der Waals surface area contributed by atoms with Crippen LogP contribution in [0.2, 0.25) is 0 Å². The van der Waals surface area contributed by atoms with E-state index in [4.69, 9.17) is 0 Å². The number of nitrogens with zero attached hydrogens (tertiary/aromatic N) is 2. The van der Waals surface area contributed by atoms with Crippen molar-refractivity contribution in [2.45, 2.75) is 19.9 Å². The highest BCUT2D eigenvalue weighted by Gasteiger charge is 2.19. The summed E-state index contributed by atoms with van der Waals surface area (Å²) in [5.74, 6) is 0. The van der Waals surface area contributed by atoms with Crippen LogP contribution < -0.4 is 5.32 Å². The molecule has 0 aliphatic heterocycles. The molecular weight excluding hydrogens is 290 g/mol. The zero-order valence-electron chi connectivity index (χ0n) is 11.2. The third-order valence-corrected chi connectivity index (χ3v) is 3.98. The molecule has 0 aliphatic carbocycles. The van der Waals surface area contributed by atoms with E-state index in [1.54, 1.807) is 0 Å². The zero-order chi connectivity index (χ0) is 13.3. The summed E-state index contributed by atoms with van der Waals surface area (Å²) >= 11 is 3.57. The highest BCUT2D eigenvalue weighted by Crippen LogP contribution is 2.28. The molecule has 2 rings (SSSR count). The van der Waals surface area contributed by atoms with E-state index in [0.29, 0.717) is 0 Å². The van der Waals surface area contributed by atoms with E-state index in [2.05, 4.69) is 58.4 Å². The Kier molecular flexibility index (Phi) is 3.88. The van der Waals surface area contributed by atoms with Gasteiger partial charge in [-0.25, -0.2) is 0 Å². The summed E-state index contributed by atoms with van der Waals surface area (Å²) in [4.78, 5) is 0. The van der Waals surface area contributed by atoms with E-state index in [-0.39, 0.29) is 6.04 Å². The molecule has 1 unspecified atom stereocenters. The van der Waals surface area contributed by atoms with Crippen LogP contribution in [0.1, 0.15) is 28.4 Å². The second-order valence-corrected chi connectivity index (χ2v) is 5.42. The second kappa shape index (κ2) is 5.24. The molecule has 0 spiro atoms. The van der Waals surface area contributed by atoms with Crippen molar-refractivity contribution in [2.24, 2.45) is 7.05 Å². The van der Waals surface area contributed by atoms with Gasteiger partial charge in [0.25, 0.3) is 0 Å². The van der Waals surface area contributed by atoms with Crippen LogP contribution >= 0.6 is 15.9 Å². The normalized spacial score (nSPS) is 12.7. The van der Waals surface area contributed by atoms with Crippen molar-refractivity contribution in [3.8, 4) is 0 Å². The summed E-state index contributed by atoms with van der Waals surface area (Å²) in [6.07, 6.45) is 1.83. The summed E-state index contributed by atoms with van der Waals surface area (Å²) in [5.41, 5.74) is 5.02. The molecule has 0 bridgehead atoms. The summed E-state index contributed by atoms with van der Waals surface area (Å²) < 4.78 is 2.93. The highest BCUT2D eigenvalue weighted by atomic mass is 79.9. The number of hydrogen-bond donors (Lipinski definition) is 1. The molecule has 0 aliphatic rings. The van der Waals surface area contributed by atoms with Crippen LogP contribution in [0.25, 0.3) is 0 Å². The largest absolute Gasteiger partial charge is 0.308 e. The maximum absolute atomic E-state index is 4.28. The molecule has 18 heavy (non-hydrogen) atoms. The summed E-state index contributed by atoms with van der Waals surface area (Å²) in [7, 11) is 3.94. The Bertz CT molecular complexity index is 541. The molecule has 0 saturated carbocycles. The molecule has 3 nitrogen and oxygen atoms in total. The number of hydrogen-bond acceptors (Lipinski definition) is 2. The van der Waals surface area contributed by atoms with Gasteiger partial charge in [-0.3, -0.25) is 4.68 Å². The lowest BCUT2D eigenvalue weighted by Crippen LogP contribution is -2.21. The van der Waals surface area contributed by atoms with Gasteiger partial charge in [-0.1, -0.05) is 18.2 Å². The maximum Gasteiger partial charge on any atom is 0.0757 e. The first-order valence-electron chi connectivity index (χ1n) is 5.96. The van der Waals surface area contributed by atoms with Crippen molar-refractivity contribution in [2.75, 3.05) is 7.05 Å². The van der Waals surface area contributed by atoms with Crippen LogP contribution in [0.3, 0.4) is 0 Å². The SMILES string of the molecule is CNC(c1ccc(C)c(C)c1)c1c(Br)cnn1C. The molecule has 4 heteroatoms. The lowest BCUT2D eigenvalue weighted by atomic mass is 9.99. The van der Waals surface area contributed by atoms with Gasteiger partial charge in [0.2, 0.25) is 0 Å². The fourth-order valence-electron chi connectivity index (χ4n) is 2.15. The van der Waals surface area contributed by atoms with Crippen LogP contribution in [0.5, 0.6) is 0 Å². The standard InChI is InChI=1S/C14H18BrN3/c1-9-5-6-11(7-10(9)2)13(16-3)14-12(15)8-17-18(14)4/h5-8,13,16H,1-4H3. The fraction of sp³-hybridized carbons (Fsp3) is 0.357. The Morgan fingerprint density at radius 1 is 1.28 bits per heavy atom. The minimum atomic E-state index is 0.145. The molecule has 0 saturated heterocycles. The van der Waals surface area contributed by atoms with Gasteiger partial charge in [0.05, 0.1) is 22.4 Å². The molecule has 1 heterocycles. The number of rotatable bonds is 3. The van der Waals surface area contributed by atoms with E-state index < -0.39 is 0 Å². The van der Waals surface area contributed by atoms with E-state index in [1.165, 1.54) is 16.7 Å². The molecule has 0 fully saturated rings. The Labute approximate surface area is 116 Å². The number of nitrogens with one attached hydrogen (secondary N) is 1. The Morgan fingerprint density at radius 3 is 2.50 bits per heavy atom. The van der Waals surface area contributed by atoms with Crippen LogP contribution in [0.15, 0.2) is 28.9 Å². The van der Waals surface area contributed by atoms with E-state index in [1.807, 2.05) is 25.0 Å². The summed E-state index contributed by atoms with van der Waals surface area (Å²) in [6.45, 7) is 4.28. The van der Waals surface area contributed by atoms with Crippen molar-refractivity contribution in [1.82, 2.24) is 15.1 Å². The molecule has 1 aromatic carbocycles. The smallest absolute Gasteiger partial charge is 0.0757 e. The first-order valence-corrected chi connectivity index (χ1v) is 6.75.